The van der Waals surface area contributed by atoms with Gasteiger partial charge in [0, 0.05) is 0 Å². The maximum atomic E-state index is 10.1. The van der Waals surface area contributed by atoms with E-state index in [9.17, 15) is 15.3 Å². The van der Waals surface area contributed by atoms with Crippen LogP contribution >= 0.6 is 0 Å². The van der Waals surface area contributed by atoms with Crippen LogP contribution in [0.3, 0.4) is 0 Å². The number of aliphatic hydroxyl groups excluding tert-OH is 3. The quantitative estimate of drug-likeness (QED) is 0.490. The molecule has 1 fully saturated rings. The van der Waals surface area contributed by atoms with E-state index in [1.807, 2.05) is 0 Å². The Labute approximate surface area is 113 Å². The zero-order valence-corrected chi connectivity index (χ0v) is 10.7. The Morgan fingerprint density at radius 2 is 1.90 bits per heavy atom. The average Bonchev–Trinajstić information content (AvgIpc) is 2.86. The fourth-order valence-electron chi connectivity index (χ4n) is 2.32. The summed E-state index contributed by atoms with van der Waals surface area (Å²) in [5, 5.41) is 29.6. The molecule has 5 N–H and O–H groups in total. The van der Waals surface area contributed by atoms with Gasteiger partial charge in [-0.3, -0.25) is 4.57 Å². The summed E-state index contributed by atoms with van der Waals surface area (Å²) in [6.07, 6.45) is -2.66. The van der Waals surface area contributed by atoms with Crippen molar-refractivity contribution in [1.29, 1.82) is 0 Å². The number of aromatic nitrogens is 4. The van der Waals surface area contributed by atoms with Crippen LogP contribution in [0, 0.1) is 0 Å². The fourth-order valence-corrected chi connectivity index (χ4v) is 2.32. The summed E-state index contributed by atoms with van der Waals surface area (Å²) < 4.78 is 7.00. The molecule has 0 saturated carbocycles. The molecule has 0 unspecified atom stereocenters. The molecule has 9 nitrogen and oxygen atoms in total. The van der Waals surface area contributed by atoms with Crippen molar-refractivity contribution in [3.8, 4) is 0 Å². The zero-order valence-electron chi connectivity index (χ0n) is 10.7. The SMILES string of the molecule is C[C@@H]1O[C@@H](n2cnc3c(N)ncnc32)[C@@H](O)[C@@H](O)[C@H]1O. The maximum absolute atomic E-state index is 10.1. The van der Waals surface area contributed by atoms with Crippen molar-refractivity contribution >= 4 is 17.0 Å². The standard InChI is InChI=1S/C11H15N5O4/c1-4-6(17)7(18)8(19)11(20-4)16-3-15-5-9(12)13-2-14-10(5)16/h2-4,6-8,11,17-19H,1H3,(H2,12,13,14)/t4-,6-,7-,8-,11+/m0/s1. The molecule has 0 bridgehead atoms. The van der Waals surface area contributed by atoms with E-state index in [0.29, 0.717) is 11.2 Å². The van der Waals surface area contributed by atoms with Crippen molar-refractivity contribution in [2.75, 3.05) is 5.73 Å². The van der Waals surface area contributed by atoms with E-state index >= 15 is 0 Å². The number of nitrogens with zero attached hydrogens (tertiary/aromatic N) is 4. The predicted molar refractivity (Wildman–Crippen MR) is 67.3 cm³/mol. The lowest BCUT2D eigenvalue weighted by Crippen LogP contribution is -2.54. The lowest BCUT2D eigenvalue weighted by atomic mass is 9.99. The zero-order chi connectivity index (χ0) is 14.4. The van der Waals surface area contributed by atoms with E-state index in [2.05, 4.69) is 15.0 Å². The van der Waals surface area contributed by atoms with E-state index in [1.54, 1.807) is 6.92 Å². The second kappa shape index (κ2) is 4.63. The monoisotopic (exact) mass is 281 g/mol. The molecular formula is C11H15N5O4. The molecule has 0 aliphatic carbocycles. The van der Waals surface area contributed by atoms with E-state index in [1.165, 1.54) is 17.2 Å². The summed E-state index contributed by atoms with van der Waals surface area (Å²) in [6.45, 7) is 1.61. The molecule has 2 aromatic heterocycles. The summed E-state index contributed by atoms with van der Waals surface area (Å²) in [5.74, 6) is 0.215. The second-order valence-electron chi connectivity index (χ2n) is 4.79. The molecule has 108 valence electrons. The normalized spacial score (nSPS) is 34.5. The minimum Gasteiger partial charge on any atom is -0.388 e. The molecule has 1 aliphatic rings. The van der Waals surface area contributed by atoms with Crippen molar-refractivity contribution in [2.45, 2.75) is 37.6 Å². The molecule has 2 aromatic rings. The molecular weight excluding hydrogens is 266 g/mol. The highest BCUT2D eigenvalue weighted by Gasteiger charge is 2.43. The molecule has 1 saturated heterocycles. The van der Waals surface area contributed by atoms with Gasteiger partial charge in [-0.15, -0.1) is 0 Å². The first-order valence-corrected chi connectivity index (χ1v) is 6.13. The van der Waals surface area contributed by atoms with Crippen molar-refractivity contribution < 1.29 is 20.1 Å². The highest BCUT2D eigenvalue weighted by Crippen LogP contribution is 2.30. The summed E-state index contributed by atoms with van der Waals surface area (Å²) in [6, 6.07) is 0. The van der Waals surface area contributed by atoms with Gasteiger partial charge in [0.1, 0.15) is 30.2 Å². The Bertz CT molecular complexity index is 632. The third-order valence-electron chi connectivity index (χ3n) is 3.49. The third-order valence-corrected chi connectivity index (χ3v) is 3.49. The summed E-state index contributed by atoms with van der Waals surface area (Å²) in [4.78, 5) is 12.0. The molecule has 0 spiro atoms. The van der Waals surface area contributed by atoms with Crippen LogP contribution in [0.25, 0.3) is 11.2 Å². The Morgan fingerprint density at radius 3 is 2.65 bits per heavy atom. The fraction of sp³-hybridized carbons (Fsp3) is 0.545. The van der Waals surface area contributed by atoms with Gasteiger partial charge in [-0.05, 0) is 6.92 Å². The minimum absolute atomic E-state index is 0.215. The van der Waals surface area contributed by atoms with Gasteiger partial charge >= 0.3 is 0 Å². The number of fused-ring (bicyclic) bond motifs is 1. The molecule has 0 radical (unpaired) electrons. The van der Waals surface area contributed by atoms with Gasteiger partial charge in [0.2, 0.25) is 0 Å². The minimum atomic E-state index is -1.32. The maximum Gasteiger partial charge on any atom is 0.167 e. The van der Waals surface area contributed by atoms with Gasteiger partial charge in [-0.1, -0.05) is 0 Å². The van der Waals surface area contributed by atoms with Gasteiger partial charge in [0.25, 0.3) is 0 Å². The first-order chi connectivity index (χ1) is 9.50. The van der Waals surface area contributed by atoms with Crippen LogP contribution < -0.4 is 5.73 Å². The van der Waals surface area contributed by atoms with Crippen molar-refractivity contribution in [1.82, 2.24) is 19.5 Å². The number of aliphatic hydroxyl groups is 3. The van der Waals surface area contributed by atoms with Crippen LogP contribution in [0.2, 0.25) is 0 Å². The van der Waals surface area contributed by atoms with E-state index in [-0.39, 0.29) is 5.82 Å². The molecule has 9 heteroatoms. The van der Waals surface area contributed by atoms with Crippen LogP contribution in [-0.2, 0) is 4.74 Å². The first kappa shape index (κ1) is 13.2. The number of imidazole rings is 1. The number of nitrogens with two attached hydrogens (primary N) is 1. The first-order valence-electron chi connectivity index (χ1n) is 6.13. The Balaban J connectivity index is 2.04. The number of hydrogen-bond acceptors (Lipinski definition) is 8. The lowest BCUT2D eigenvalue weighted by molar-refractivity contribution is -0.239. The molecule has 20 heavy (non-hydrogen) atoms. The van der Waals surface area contributed by atoms with E-state index in [0.717, 1.165) is 0 Å². The van der Waals surface area contributed by atoms with Gasteiger partial charge in [-0.2, -0.15) is 0 Å². The van der Waals surface area contributed by atoms with Gasteiger partial charge in [-0.25, -0.2) is 15.0 Å². The van der Waals surface area contributed by atoms with E-state index < -0.39 is 30.6 Å². The Morgan fingerprint density at radius 1 is 1.15 bits per heavy atom. The summed E-state index contributed by atoms with van der Waals surface area (Å²) in [7, 11) is 0. The molecule has 3 rings (SSSR count). The molecule has 0 amide bonds. The number of hydrogen-bond donors (Lipinski definition) is 4. The number of anilines is 1. The Hall–Kier alpha value is -1.81. The topological polar surface area (TPSA) is 140 Å². The summed E-state index contributed by atoms with van der Waals surface area (Å²) >= 11 is 0. The molecule has 5 atom stereocenters. The predicted octanol–water partition coefficient (Wildman–Crippen LogP) is -1.59. The van der Waals surface area contributed by atoms with Crippen LogP contribution in [0.15, 0.2) is 12.7 Å². The van der Waals surface area contributed by atoms with Crippen LogP contribution in [0.5, 0.6) is 0 Å². The van der Waals surface area contributed by atoms with Crippen molar-refractivity contribution in [3.63, 3.8) is 0 Å². The third kappa shape index (κ3) is 1.83. The average molecular weight is 281 g/mol. The molecule has 0 aromatic carbocycles. The van der Waals surface area contributed by atoms with Crippen LogP contribution in [0.4, 0.5) is 5.82 Å². The highest BCUT2D eigenvalue weighted by molar-refractivity contribution is 5.81. The second-order valence-corrected chi connectivity index (χ2v) is 4.79. The Kier molecular flexibility index (Phi) is 3.05. The molecule has 1 aliphatic heterocycles. The summed E-state index contributed by atoms with van der Waals surface area (Å²) in [5.41, 5.74) is 6.46. The van der Waals surface area contributed by atoms with Crippen molar-refractivity contribution in [3.05, 3.63) is 12.7 Å². The van der Waals surface area contributed by atoms with Gasteiger partial charge in [0.15, 0.2) is 17.7 Å². The number of rotatable bonds is 1. The van der Waals surface area contributed by atoms with Crippen LogP contribution in [-0.4, -0.2) is 59.3 Å². The molecule has 3 heterocycles. The largest absolute Gasteiger partial charge is 0.388 e. The lowest BCUT2D eigenvalue weighted by Gasteiger charge is -2.39. The van der Waals surface area contributed by atoms with E-state index in [4.69, 9.17) is 10.5 Å². The van der Waals surface area contributed by atoms with Gasteiger partial charge in [0.05, 0.1) is 12.4 Å². The smallest absolute Gasteiger partial charge is 0.167 e. The van der Waals surface area contributed by atoms with Crippen molar-refractivity contribution in [2.24, 2.45) is 0 Å². The number of ether oxygens (including phenoxy) is 1. The van der Waals surface area contributed by atoms with Crippen LogP contribution in [0.1, 0.15) is 13.2 Å². The van der Waals surface area contributed by atoms with Gasteiger partial charge < -0.3 is 25.8 Å². The number of nitrogen functional groups attached to an aromatic ring is 1. The highest BCUT2D eigenvalue weighted by atomic mass is 16.5.